The van der Waals surface area contributed by atoms with Crippen LogP contribution >= 0.6 is 0 Å². The van der Waals surface area contributed by atoms with E-state index in [4.69, 9.17) is 9.26 Å². The number of fused-ring (bicyclic) bond motifs is 1. The summed E-state index contributed by atoms with van der Waals surface area (Å²) in [6, 6.07) is 4.25. The van der Waals surface area contributed by atoms with Crippen molar-refractivity contribution in [2.45, 2.75) is 38.0 Å². The Labute approximate surface area is 151 Å². The summed E-state index contributed by atoms with van der Waals surface area (Å²) in [7, 11) is 1.52. The van der Waals surface area contributed by atoms with Gasteiger partial charge < -0.3 is 14.2 Å². The number of ether oxygens (including phenoxy) is 1. The van der Waals surface area contributed by atoms with Crippen LogP contribution < -0.4 is 4.74 Å². The minimum Gasteiger partial charge on any atom is -0.496 e. The molecule has 6 nitrogen and oxygen atoms in total. The van der Waals surface area contributed by atoms with Gasteiger partial charge in [-0.3, -0.25) is 4.79 Å². The van der Waals surface area contributed by atoms with E-state index in [0.29, 0.717) is 42.0 Å². The Bertz CT molecular complexity index is 837. The van der Waals surface area contributed by atoms with Crippen molar-refractivity contribution in [1.82, 2.24) is 15.0 Å². The second-order valence-corrected chi connectivity index (χ2v) is 7.30. The number of carbonyl (C=O) groups excluding carboxylic acids is 1. The number of hydrogen-bond acceptors (Lipinski definition) is 5. The molecule has 0 unspecified atom stereocenters. The molecule has 0 radical (unpaired) electrons. The lowest BCUT2D eigenvalue weighted by Crippen LogP contribution is -2.35. The Morgan fingerprint density at radius 2 is 2.35 bits per heavy atom. The molecule has 1 aromatic heterocycles. The van der Waals surface area contributed by atoms with Crippen molar-refractivity contribution < 1.29 is 18.4 Å². The lowest BCUT2D eigenvalue weighted by Gasteiger charge is -2.24. The summed E-state index contributed by atoms with van der Waals surface area (Å²) >= 11 is 0. The number of aryl methyl sites for hydroxylation is 1. The van der Waals surface area contributed by atoms with Crippen LogP contribution in [0.1, 0.15) is 36.5 Å². The maximum atomic E-state index is 13.6. The number of likely N-dealkylation sites (tertiary alicyclic amines) is 1. The minimum absolute atomic E-state index is 0.0288. The van der Waals surface area contributed by atoms with Crippen molar-refractivity contribution in [2.75, 3.05) is 20.2 Å². The second kappa shape index (κ2) is 6.37. The van der Waals surface area contributed by atoms with Crippen molar-refractivity contribution in [3.8, 4) is 5.75 Å². The third-order valence-electron chi connectivity index (χ3n) is 5.76. The van der Waals surface area contributed by atoms with Gasteiger partial charge in [0.2, 0.25) is 11.8 Å². The monoisotopic (exact) mass is 359 g/mol. The molecule has 2 atom stereocenters. The summed E-state index contributed by atoms with van der Waals surface area (Å²) in [5.74, 6) is 1.73. The number of benzene rings is 1. The Morgan fingerprint density at radius 1 is 1.50 bits per heavy atom. The number of aromatic nitrogens is 2. The first kappa shape index (κ1) is 17.0. The van der Waals surface area contributed by atoms with E-state index in [1.807, 2.05) is 11.8 Å². The summed E-state index contributed by atoms with van der Waals surface area (Å²) in [5, 5.41) is 3.94. The highest BCUT2D eigenvalue weighted by atomic mass is 19.1. The van der Waals surface area contributed by atoms with E-state index in [-0.39, 0.29) is 23.6 Å². The number of methoxy groups -OCH3 is 1. The largest absolute Gasteiger partial charge is 0.496 e. The van der Waals surface area contributed by atoms with E-state index in [9.17, 15) is 9.18 Å². The maximum absolute atomic E-state index is 13.6. The molecule has 1 aromatic carbocycles. The quantitative estimate of drug-likeness (QED) is 0.839. The van der Waals surface area contributed by atoms with E-state index in [1.54, 1.807) is 6.07 Å². The van der Waals surface area contributed by atoms with Gasteiger partial charge in [0.05, 0.1) is 18.9 Å². The molecular weight excluding hydrogens is 337 g/mol. The summed E-state index contributed by atoms with van der Waals surface area (Å²) in [4.78, 5) is 19.2. The average molecular weight is 359 g/mol. The van der Waals surface area contributed by atoms with E-state index < -0.39 is 0 Å². The molecule has 2 aliphatic rings. The molecule has 2 fully saturated rings. The van der Waals surface area contributed by atoms with E-state index in [1.165, 1.54) is 19.2 Å². The first-order valence-corrected chi connectivity index (χ1v) is 8.93. The molecule has 138 valence electrons. The van der Waals surface area contributed by atoms with Gasteiger partial charge in [-0.15, -0.1) is 0 Å². The van der Waals surface area contributed by atoms with Crippen LogP contribution in [0.4, 0.5) is 4.39 Å². The van der Waals surface area contributed by atoms with Crippen LogP contribution in [-0.4, -0.2) is 41.1 Å². The molecule has 0 N–H and O–H groups in total. The van der Waals surface area contributed by atoms with Gasteiger partial charge in [0.25, 0.3) is 0 Å². The third-order valence-corrected chi connectivity index (χ3v) is 5.76. The second-order valence-electron chi connectivity index (χ2n) is 7.30. The minimum atomic E-state index is -0.371. The molecule has 4 rings (SSSR count). The first-order valence-electron chi connectivity index (χ1n) is 8.93. The number of amides is 1. The molecule has 1 amide bonds. The van der Waals surface area contributed by atoms with Crippen molar-refractivity contribution in [1.29, 1.82) is 0 Å². The highest BCUT2D eigenvalue weighted by Gasteiger charge is 2.55. The van der Waals surface area contributed by atoms with Gasteiger partial charge in [0, 0.05) is 18.7 Å². The summed E-state index contributed by atoms with van der Waals surface area (Å²) in [6.07, 6.45) is 3.22. The molecule has 0 spiro atoms. The normalized spacial score (nSPS) is 24.7. The zero-order chi connectivity index (χ0) is 18.3. The fourth-order valence-electron chi connectivity index (χ4n) is 4.49. The summed E-state index contributed by atoms with van der Waals surface area (Å²) in [5.41, 5.74) is 0.334. The van der Waals surface area contributed by atoms with Gasteiger partial charge >= 0.3 is 0 Å². The zero-order valence-electron chi connectivity index (χ0n) is 15.0. The van der Waals surface area contributed by atoms with Crippen LogP contribution in [0.15, 0.2) is 22.7 Å². The number of rotatable bonds is 4. The van der Waals surface area contributed by atoms with Gasteiger partial charge in [0.1, 0.15) is 11.6 Å². The highest BCUT2D eigenvalue weighted by Crippen LogP contribution is 2.50. The predicted molar refractivity (Wildman–Crippen MR) is 91.3 cm³/mol. The molecule has 1 saturated heterocycles. The fourth-order valence-corrected chi connectivity index (χ4v) is 4.49. The van der Waals surface area contributed by atoms with Crippen LogP contribution in [0.25, 0.3) is 0 Å². The summed E-state index contributed by atoms with van der Waals surface area (Å²) in [6.45, 7) is 3.06. The Hall–Kier alpha value is -2.44. The Kier molecular flexibility index (Phi) is 4.17. The number of carbonyl (C=O) groups is 1. The molecule has 2 aromatic rings. The Balaban J connectivity index is 1.55. The van der Waals surface area contributed by atoms with Crippen LogP contribution in [-0.2, 0) is 16.6 Å². The van der Waals surface area contributed by atoms with E-state index in [2.05, 4.69) is 10.1 Å². The first-order chi connectivity index (χ1) is 12.5. The predicted octanol–water partition coefficient (Wildman–Crippen LogP) is 2.65. The molecule has 7 heteroatoms. The van der Waals surface area contributed by atoms with Crippen molar-refractivity contribution in [3.63, 3.8) is 0 Å². The van der Waals surface area contributed by atoms with Gasteiger partial charge in [0.15, 0.2) is 5.82 Å². The van der Waals surface area contributed by atoms with Crippen molar-refractivity contribution >= 4 is 5.91 Å². The maximum Gasteiger partial charge on any atom is 0.234 e. The van der Waals surface area contributed by atoms with Crippen LogP contribution in [0.2, 0.25) is 0 Å². The SMILES string of the molecule is COc1ccc(F)cc1CC(=O)N1C[C@@H]2CCC[C@]2(c2nc(C)no2)C1. The highest BCUT2D eigenvalue weighted by molar-refractivity contribution is 5.80. The van der Waals surface area contributed by atoms with Crippen LogP contribution in [0.5, 0.6) is 5.75 Å². The van der Waals surface area contributed by atoms with Gasteiger partial charge in [-0.25, -0.2) is 4.39 Å². The topological polar surface area (TPSA) is 68.5 Å². The molecule has 1 aliphatic carbocycles. The molecule has 26 heavy (non-hydrogen) atoms. The van der Waals surface area contributed by atoms with Gasteiger partial charge in [-0.05, 0) is 43.9 Å². The lowest BCUT2D eigenvalue weighted by atomic mass is 9.80. The fraction of sp³-hybridized carbons (Fsp3) is 0.526. The van der Waals surface area contributed by atoms with Crippen LogP contribution in [0, 0.1) is 18.7 Å². The van der Waals surface area contributed by atoms with Crippen molar-refractivity contribution in [3.05, 3.63) is 41.3 Å². The van der Waals surface area contributed by atoms with Crippen LogP contribution in [0.3, 0.4) is 0 Å². The molecule has 2 heterocycles. The summed E-state index contributed by atoms with van der Waals surface area (Å²) < 4.78 is 24.3. The molecule has 0 bridgehead atoms. The average Bonchev–Trinajstić information content (AvgIpc) is 3.28. The van der Waals surface area contributed by atoms with E-state index >= 15 is 0 Å². The zero-order valence-corrected chi connectivity index (χ0v) is 15.0. The standard InChI is InChI=1S/C19H22FN3O3/c1-12-21-18(26-22-12)19-7-3-4-14(19)10-23(11-19)17(24)9-13-8-15(20)5-6-16(13)25-2/h5-6,8,14H,3-4,7,9-11H2,1-2H3/t14-,19-/m0/s1. The van der Waals surface area contributed by atoms with Crippen molar-refractivity contribution in [2.24, 2.45) is 5.92 Å². The van der Waals surface area contributed by atoms with Gasteiger partial charge in [-0.1, -0.05) is 11.6 Å². The third kappa shape index (κ3) is 2.75. The molecular formula is C19H22FN3O3. The molecule has 1 aliphatic heterocycles. The Morgan fingerprint density at radius 3 is 3.08 bits per heavy atom. The van der Waals surface area contributed by atoms with E-state index in [0.717, 1.165) is 19.3 Å². The number of hydrogen-bond donors (Lipinski definition) is 0. The van der Waals surface area contributed by atoms with Gasteiger partial charge in [-0.2, -0.15) is 4.98 Å². The number of halogens is 1. The number of nitrogens with zero attached hydrogens (tertiary/aromatic N) is 3. The smallest absolute Gasteiger partial charge is 0.234 e. The molecule has 1 saturated carbocycles. The lowest BCUT2D eigenvalue weighted by molar-refractivity contribution is -0.129.